The second-order valence-corrected chi connectivity index (χ2v) is 5.07. The summed E-state index contributed by atoms with van der Waals surface area (Å²) in [5.74, 6) is -0.205. The molecule has 0 radical (unpaired) electrons. The molecular formula is C15H21N3O2. The predicted molar refractivity (Wildman–Crippen MR) is 76.7 cm³/mol. The van der Waals surface area contributed by atoms with Crippen LogP contribution < -0.4 is 5.73 Å². The molecule has 1 fully saturated rings. The van der Waals surface area contributed by atoms with Crippen LogP contribution in [0.2, 0.25) is 0 Å². The minimum Gasteiger partial charge on any atom is -0.330 e. The van der Waals surface area contributed by atoms with Gasteiger partial charge in [0, 0.05) is 13.1 Å². The van der Waals surface area contributed by atoms with E-state index >= 15 is 0 Å². The summed E-state index contributed by atoms with van der Waals surface area (Å²) in [5, 5.41) is 0. The van der Waals surface area contributed by atoms with Crippen molar-refractivity contribution in [1.29, 1.82) is 0 Å². The van der Waals surface area contributed by atoms with Gasteiger partial charge < -0.3 is 5.73 Å². The summed E-state index contributed by atoms with van der Waals surface area (Å²) in [6.45, 7) is 2.34. The zero-order chi connectivity index (χ0) is 14.4. The highest BCUT2D eigenvalue weighted by molar-refractivity contribution is 5.99. The molecule has 1 aliphatic rings. The standard InChI is InChI=1S/C15H21N3O2/c16-8-4-5-9-18-14(19)11-17(12-15(18)20)10-13-6-2-1-3-7-13/h1-3,6-7H,4-5,8-12,16H2. The van der Waals surface area contributed by atoms with Gasteiger partial charge in [-0.05, 0) is 24.9 Å². The molecule has 0 atom stereocenters. The van der Waals surface area contributed by atoms with Crippen LogP contribution in [0, 0.1) is 0 Å². The Balaban J connectivity index is 1.89. The minimum absolute atomic E-state index is 0.103. The first-order valence-corrected chi connectivity index (χ1v) is 7.00. The van der Waals surface area contributed by atoms with Gasteiger partial charge in [0.1, 0.15) is 0 Å². The normalized spacial score (nSPS) is 16.8. The number of carbonyl (C=O) groups excluding carboxylic acids is 2. The van der Waals surface area contributed by atoms with E-state index in [-0.39, 0.29) is 11.8 Å². The Labute approximate surface area is 119 Å². The highest BCUT2D eigenvalue weighted by Crippen LogP contribution is 2.11. The number of hydrogen-bond acceptors (Lipinski definition) is 4. The van der Waals surface area contributed by atoms with Gasteiger partial charge in [-0.25, -0.2) is 0 Å². The topological polar surface area (TPSA) is 66.6 Å². The maximum absolute atomic E-state index is 12.0. The van der Waals surface area contributed by atoms with E-state index in [4.69, 9.17) is 5.73 Å². The lowest BCUT2D eigenvalue weighted by Gasteiger charge is -2.32. The van der Waals surface area contributed by atoms with Gasteiger partial charge in [0.05, 0.1) is 13.1 Å². The molecule has 1 aliphatic heterocycles. The van der Waals surface area contributed by atoms with E-state index in [9.17, 15) is 9.59 Å². The van der Waals surface area contributed by atoms with Crippen LogP contribution >= 0.6 is 0 Å². The number of unbranched alkanes of at least 4 members (excludes halogenated alkanes) is 1. The fourth-order valence-electron chi connectivity index (χ4n) is 2.37. The molecule has 0 spiro atoms. The SMILES string of the molecule is NCCCCN1C(=O)CN(Cc2ccccc2)CC1=O. The van der Waals surface area contributed by atoms with Gasteiger partial charge in [-0.2, -0.15) is 0 Å². The molecule has 1 aromatic rings. The van der Waals surface area contributed by atoms with Gasteiger partial charge in [0.25, 0.3) is 0 Å². The summed E-state index contributed by atoms with van der Waals surface area (Å²) in [4.78, 5) is 27.3. The van der Waals surface area contributed by atoms with E-state index in [2.05, 4.69) is 0 Å². The van der Waals surface area contributed by atoms with E-state index in [0.29, 0.717) is 32.7 Å². The number of rotatable bonds is 6. The van der Waals surface area contributed by atoms with Crippen LogP contribution in [0.3, 0.4) is 0 Å². The third-order valence-electron chi connectivity index (χ3n) is 3.40. The van der Waals surface area contributed by atoms with E-state index < -0.39 is 0 Å². The molecule has 0 bridgehead atoms. The first kappa shape index (κ1) is 14.7. The highest BCUT2D eigenvalue weighted by atomic mass is 16.2. The fourth-order valence-corrected chi connectivity index (χ4v) is 2.37. The van der Waals surface area contributed by atoms with Crippen molar-refractivity contribution in [2.24, 2.45) is 5.73 Å². The Hall–Kier alpha value is -1.72. The zero-order valence-electron chi connectivity index (χ0n) is 11.6. The lowest BCUT2D eigenvalue weighted by Crippen LogP contribution is -2.53. The van der Waals surface area contributed by atoms with Crippen LogP contribution in [-0.2, 0) is 16.1 Å². The summed E-state index contributed by atoms with van der Waals surface area (Å²) in [6.07, 6.45) is 1.62. The first-order chi connectivity index (χ1) is 9.70. The first-order valence-electron chi connectivity index (χ1n) is 7.00. The minimum atomic E-state index is -0.103. The van der Waals surface area contributed by atoms with Crippen molar-refractivity contribution in [3.05, 3.63) is 35.9 Å². The average Bonchev–Trinajstić information content (AvgIpc) is 2.43. The Bertz CT molecular complexity index is 443. The molecular weight excluding hydrogens is 254 g/mol. The quantitative estimate of drug-likeness (QED) is 0.610. The number of nitrogens with zero attached hydrogens (tertiary/aromatic N) is 2. The predicted octanol–water partition coefficient (Wildman–Crippen LogP) is 0.596. The molecule has 0 aromatic heterocycles. The molecule has 0 aliphatic carbocycles. The number of hydrogen-bond donors (Lipinski definition) is 1. The Morgan fingerprint density at radius 1 is 1.00 bits per heavy atom. The maximum atomic E-state index is 12.0. The molecule has 2 N–H and O–H groups in total. The summed E-state index contributed by atoms with van der Waals surface area (Å²) in [5.41, 5.74) is 6.54. The van der Waals surface area contributed by atoms with Crippen molar-refractivity contribution in [3.63, 3.8) is 0 Å². The third kappa shape index (κ3) is 3.88. The Kier molecular flexibility index (Phi) is 5.26. The molecule has 108 valence electrons. The fraction of sp³-hybridized carbons (Fsp3) is 0.467. The van der Waals surface area contributed by atoms with E-state index in [1.807, 2.05) is 35.2 Å². The average molecular weight is 275 g/mol. The second kappa shape index (κ2) is 7.17. The van der Waals surface area contributed by atoms with Crippen LogP contribution in [0.25, 0.3) is 0 Å². The maximum Gasteiger partial charge on any atom is 0.243 e. The summed E-state index contributed by atoms with van der Waals surface area (Å²) >= 11 is 0. The van der Waals surface area contributed by atoms with E-state index in [0.717, 1.165) is 18.4 Å². The van der Waals surface area contributed by atoms with Crippen molar-refractivity contribution >= 4 is 11.8 Å². The molecule has 1 saturated heterocycles. The number of benzene rings is 1. The van der Waals surface area contributed by atoms with Gasteiger partial charge in [-0.15, -0.1) is 0 Å². The summed E-state index contributed by atoms with van der Waals surface area (Å²) in [6, 6.07) is 9.88. The number of imide groups is 1. The van der Waals surface area contributed by atoms with Crippen molar-refractivity contribution in [3.8, 4) is 0 Å². The van der Waals surface area contributed by atoms with Crippen molar-refractivity contribution in [1.82, 2.24) is 9.80 Å². The van der Waals surface area contributed by atoms with Gasteiger partial charge in [-0.3, -0.25) is 19.4 Å². The van der Waals surface area contributed by atoms with Crippen molar-refractivity contribution < 1.29 is 9.59 Å². The number of carbonyl (C=O) groups is 2. The molecule has 0 unspecified atom stereocenters. The van der Waals surface area contributed by atoms with E-state index in [1.165, 1.54) is 4.90 Å². The molecule has 1 aromatic carbocycles. The largest absolute Gasteiger partial charge is 0.330 e. The van der Waals surface area contributed by atoms with Crippen LogP contribution in [0.5, 0.6) is 0 Å². The second-order valence-electron chi connectivity index (χ2n) is 5.07. The summed E-state index contributed by atoms with van der Waals surface area (Å²) in [7, 11) is 0. The molecule has 0 saturated carbocycles. The molecule has 20 heavy (non-hydrogen) atoms. The number of piperazine rings is 1. The van der Waals surface area contributed by atoms with Gasteiger partial charge in [0.15, 0.2) is 0 Å². The van der Waals surface area contributed by atoms with Crippen LogP contribution in [0.1, 0.15) is 18.4 Å². The third-order valence-corrected chi connectivity index (χ3v) is 3.40. The molecule has 1 heterocycles. The molecule has 5 heteroatoms. The van der Waals surface area contributed by atoms with Crippen LogP contribution in [-0.4, -0.2) is 47.8 Å². The zero-order valence-corrected chi connectivity index (χ0v) is 11.6. The molecule has 5 nitrogen and oxygen atoms in total. The Morgan fingerprint density at radius 3 is 2.25 bits per heavy atom. The summed E-state index contributed by atoms with van der Waals surface area (Å²) < 4.78 is 0. The number of nitrogens with two attached hydrogens (primary N) is 1. The van der Waals surface area contributed by atoms with Gasteiger partial charge in [0.2, 0.25) is 11.8 Å². The lowest BCUT2D eigenvalue weighted by atomic mass is 10.2. The Morgan fingerprint density at radius 2 is 1.65 bits per heavy atom. The van der Waals surface area contributed by atoms with Crippen LogP contribution in [0.4, 0.5) is 0 Å². The van der Waals surface area contributed by atoms with E-state index in [1.54, 1.807) is 0 Å². The lowest BCUT2D eigenvalue weighted by molar-refractivity contribution is -0.151. The van der Waals surface area contributed by atoms with Crippen molar-refractivity contribution in [2.45, 2.75) is 19.4 Å². The van der Waals surface area contributed by atoms with Gasteiger partial charge in [-0.1, -0.05) is 30.3 Å². The molecule has 2 amide bonds. The van der Waals surface area contributed by atoms with Gasteiger partial charge >= 0.3 is 0 Å². The monoisotopic (exact) mass is 275 g/mol. The molecule has 2 rings (SSSR count). The smallest absolute Gasteiger partial charge is 0.243 e. The number of amides is 2. The van der Waals surface area contributed by atoms with Crippen molar-refractivity contribution in [2.75, 3.05) is 26.2 Å². The highest BCUT2D eigenvalue weighted by Gasteiger charge is 2.30. The van der Waals surface area contributed by atoms with Crippen LogP contribution in [0.15, 0.2) is 30.3 Å².